The summed E-state index contributed by atoms with van der Waals surface area (Å²) in [4.78, 5) is 0. The number of rotatable bonds is 5. The molecule has 1 heterocycles. The second-order valence-electron chi connectivity index (χ2n) is 8.34. The molecule has 1 nitrogen and oxygen atoms in total. The zero-order chi connectivity index (χ0) is 23.5. The van der Waals surface area contributed by atoms with Crippen LogP contribution < -0.4 is 4.57 Å². The molecule has 0 bridgehead atoms. The molecule has 3 aromatic carbocycles. The molecule has 0 amide bonds. The number of fused-ring (bicyclic) bond motifs is 1. The van der Waals surface area contributed by atoms with Gasteiger partial charge in [0, 0.05) is 44.2 Å². The fourth-order valence-electron chi connectivity index (χ4n) is 4.89. The predicted molar refractivity (Wildman–Crippen MR) is 151 cm³/mol. The predicted octanol–water partition coefficient (Wildman–Crippen LogP) is 8.68. The summed E-state index contributed by atoms with van der Waals surface area (Å²) in [7, 11) is 0. The molecule has 0 radical (unpaired) electrons. The van der Waals surface area contributed by atoms with E-state index in [4.69, 9.17) is 11.6 Å². The molecule has 0 unspecified atom stereocenters. The summed E-state index contributed by atoms with van der Waals surface area (Å²) >= 11 is 10.0. The quantitative estimate of drug-likeness (QED) is 0.252. The number of aromatic nitrogens is 1. The molecule has 0 N–H and O–H groups in total. The van der Waals surface area contributed by atoms with Crippen molar-refractivity contribution < 1.29 is 4.57 Å². The Hall–Kier alpha value is -2.46. The molecular weight excluding hydrogens is 474 g/mol. The van der Waals surface area contributed by atoms with Crippen LogP contribution in [0.4, 0.5) is 0 Å². The molecule has 34 heavy (non-hydrogen) atoms. The zero-order valence-electron chi connectivity index (χ0n) is 19.4. The Morgan fingerprint density at radius 3 is 2.00 bits per heavy atom. The van der Waals surface area contributed by atoms with Crippen LogP contribution in [0.15, 0.2) is 95.2 Å². The molecule has 1 aliphatic rings. The Morgan fingerprint density at radius 1 is 0.765 bits per heavy atom. The lowest BCUT2D eigenvalue weighted by Gasteiger charge is -2.24. The second-order valence-corrected chi connectivity index (χ2v) is 10.7. The first-order chi connectivity index (χ1) is 16.7. The first-order valence-electron chi connectivity index (χ1n) is 11.5. The zero-order valence-corrected chi connectivity index (χ0v) is 21.8. The molecule has 0 spiro atoms. The number of thioether (sulfide) groups is 2. The first-order valence-corrected chi connectivity index (χ1v) is 14.3. The summed E-state index contributed by atoms with van der Waals surface area (Å²) in [6.07, 6.45) is 7.71. The molecule has 0 aliphatic heterocycles. The van der Waals surface area contributed by atoms with Crippen LogP contribution in [0.5, 0.6) is 0 Å². The molecule has 0 saturated heterocycles. The fourth-order valence-corrected chi connectivity index (χ4v) is 6.57. The van der Waals surface area contributed by atoms with Gasteiger partial charge < -0.3 is 0 Å². The topological polar surface area (TPSA) is 3.88 Å². The van der Waals surface area contributed by atoms with Crippen molar-refractivity contribution in [3.8, 4) is 28.1 Å². The van der Waals surface area contributed by atoms with Gasteiger partial charge in [-0.3, -0.25) is 0 Å². The van der Waals surface area contributed by atoms with Gasteiger partial charge in [0.2, 0.25) is 17.1 Å². The van der Waals surface area contributed by atoms with Crippen molar-refractivity contribution >= 4 is 40.7 Å². The maximum absolute atomic E-state index is 6.30. The van der Waals surface area contributed by atoms with E-state index in [2.05, 4.69) is 95.9 Å². The minimum Gasteiger partial charge on any atom is -0.153 e. The smallest absolute Gasteiger partial charge is 0.153 e. The van der Waals surface area contributed by atoms with Gasteiger partial charge >= 0.3 is 0 Å². The van der Waals surface area contributed by atoms with Gasteiger partial charge in [-0.15, -0.1) is 23.5 Å². The monoisotopic (exact) mass is 500 g/mol. The van der Waals surface area contributed by atoms with E-state index in [1.54, 1.807) is 0 Å². The van der Waals surface area contributed by atoms with E-state index in [1.807, 2.05) is 35.7 Å². The number of halogens is 1. The molecule has 0 atom stereocenters. The highest BCUT2D eigenvalue weighted by Gasteiger charge is 2.34. The third kappa shape index (κ3) is 4.45. The highest BCUT2D eigenvalue weighted by Crippen LogP contribution is 2.43. The first kappa shape index (κ1) is 23.3. The van der Waals surface area contributed by atoms with E-state index in [9.17, 15) is 0 Å². The van der Waals surface area contributed by atoms with Gasteiger partial charge in [-0.1, -0.05) is 60.1 Å². The second kappa shape index (κ2) is 10.4. The maximum Gasteiger partial charge on any atom is 0.220 e. The van der Waals surface area contributed by atoms with Crippen molar-refractivity contribution in [1.29, 1.82) is 0 Å². The highest BCUT2D eigenvalue weighted by atomic mass is 35.5. The number of allylic oxidation sites excluding steroid dienone is 1. The molecular formula is C30H27ClNS2+. The van der Waals surface area contributed by atoms with Gasteiger partial charge in [-0.05, 0) is 67.2 Å². The molecule has 0 saturated carbocycles. The third-order valence-corrected chi connectivity index (χ3v) is 8.84. The minimum absolute atomic E-state index is 0.755. The number of hydrogen-bond acceptors (Lipinski definition) is 2. The van der Waals surface area contributed by atoms with Gasteiger partial charge in [-0.2, -0.15) is 4.57 Å². The van der Waals surface area contributed by atoms with Crippen molar-refractivity contribution in [2.24, 2.45) is 0 Å². The molecule has 0 fully saturated rings. The molecule has 4 aromatic rings. The van der Waals surface area contributed by atoms with E-state index in [-0.39, 0.29) is 0 Å². The van der Waals surface area contributed by atoms with Crippen molar-refractivity contribution in [1.82, 2.24) is 0 Å². The Balaban J connectivity index is 1.95. The van der Waals surface area contributed by atoms with Gasteiger partial charge in [0.05, 0.1) is 0 Å². The number of benzene rings is 3. The SMILES string of the molecule is CSC(SC)=C1CCCc2c(-c3ccccc3)cc(-c3ccccc3)[n+](-c3ccc(Cl)cc3)c21. The lowest BCUT2D eigenvalue weighted by atomic mass is 9.85. The summed E-state index contributed by atoms with van der Waals surface area (Å²) in [5.74, 6) is 0. The Morgan fingerprint density at radius 2 is 1.38 bits per heavy atom. The van der Waals surface area contributed by atoms with Crippen LogP contribution in [-0.4, -0.2) is 12.5 Å². The van der Waals surface area contributed by atoms with Crippen molar-refractivity contribution in [2.45, 2.75) is 19.3 Å². The maximum atomic E-state index is 6.30. The van der Waals surface area contributed by atoms with E-state index >= 15 is 0 Å². The van der Waals surface area contributed by atoms with Crippen LogP contribution in [-0.2, 0) is 6.42 Å². The van der Waals surface area contributed by atoms with Crippen LogP contribution in [0.1, 0.15) is 24.1 Å². The van der Waals surface area contributed by atoms with Crippen LogP contribution in [0.2, 0.25) is 5.02 Å². The average Bonchev–Trinajstić information content (AvgIpc) is 2.90. The van der Waals surface area contributed by atoms with Crippen LogP contribution >= 0.6 is 35.1 Å². The molecule has 1 aromatic heterocycles. The lowest BCUT2D eigenvalue weighted by molar-refractivity contribution is -0.587. The summed E-state index contributed by atoms with van der Waals surface area (Å²) < 4.78 is 3.86. The summed E-state index contributed by atoms with van der Waals surface area (Å²) in [6.45, 7) is 0. The van der Waals surface area contributed by atoms with Gasteiger partial charge in [-0.25, -0.2) is 0 Å². The number of pyridine rings is 1. The van der Waals surface area contributed by atoms with E-state index in [0.717, 1.165) is 30.0 Å². The summed E-state index contributed by atoms with van der Waals surface area (Å²) in [5.41, 5.74) is 10.4. The summed E-state index contributed by atoms with van der Waals surface area (Å²) in [6, 6.07) is 32.2. The van der Waals surface area contributed by atoms with Gasteiger partial charge in [0.1, 0.15) is 0 Å². The van der Waals surface area contributed by atoms with Crippen molar-refractivity contribution in [2.75, 3.05) is 12.5 Å². The third-order valence-electron chi connectivity index (χ3n) is 6.35. The minimum atomic E-state index is 0.755. The van der Waals surface area contributed by atoms with E-state index in [0.29, 0.717) is 0 Å². The van der Waals surface area contributed by atoms with Crippen molar-refractivity contribution in [3.63, 3.8) is 0 Å². The van der Waals surface area contributed by atoms with E-state index < -0.39 is 0 Å². The Bertz CT molecular complexity index is 1320. The Kier molecular flexibility index (Phi) is 7.15. The van der Waals surface area contributed by atoms with Crippen LogP contribution in [0, 0.1) is 0 Å². The Labute approximate surface area is 215 Å². The summed E-state index contributed by atoms with van der Waals surface area (Å²) in [5, 5.41) is 0.755. The fraction of sp³-hybridized carbons (Fsp3) is 0.167. The average molecular weight is 501 g/mol. The number of nitrogens with zero attached hydrogens (tertiary/aromatic N) is 1. The van der Waals surface area contributed by atoms with Crippen LogP contribution in [0.3, 0.4) is 0 Å². The van der Waals surface area contributed by atoms with Crippen molar-refractivity contribution in [3.05, 3.63) is 112 Å². The van der Waals surface area contributed by atoms with Crippen LogP contribution in [0.25, 0.3) is 33.6 Å². The molecule has 170 valence electrons. The highest BCUT2D eigenvalue weighted by molar-refractivity contribution is 8.21. The van der Waals surface area contributed by atoms with E-state index in [1.165, 1.54) is 43.5 Å². The molecule has 5 rings (SSSR count). The van der Waals surface area contributed by atoms with Gasteiger partial charge in [0.15, 0.2) is 0 Å². The molecule has 1 aliphatic carbocycles. The van der Waals surface area contributed by atoms with Gasteiger partial charge in [0.25, 0.3) is 0 Å². The standard InChI is InChI=1S/C30H27ClNS2/c1-33-30(34-2)26-15-9-14-25-27(21-10-5-3-6-11-21)20-28(22-12-7-4-8-13-22)32(29(25)26)24-18-16-23(31)17-19-24/h3-8,10-13,16-20H,9,14-15H2,1-2H3/q+1. The normalized spacial score (nSPS) is 13.0. The molecule has 4 heteroatoms. The lowest BCUT2D eigenvalue weighted by Crippen LogP contribution is -2.40. The largest absolute Gasteiger partial charge is 0.220 e. The number of hydrogen-bond donors (Lipinski definition) is 0.